The van der Waals surface area contributed by atoms with Crippen LogP contribution in [0, 0.1) is 0 Å². The summed E-state index contributed by atoms with van der Waals surface area (Å²) in [7, 11) is -0.750. The lowest BCUT2D eigenvalue weighted by atomic mass is 10.2. The van der Waals surface area contributed by atoms with E-state index in [9.17, 15) is 9.66 Å². The zero-order valence-electron chi connectivity index (χ0n) is 7.10. The smallest absolute Gasteiger partial charge is 0.218 e. The molecule has 0 amide bonds. The van der Waals surface area contributed by atoms with Crippen molar-refractivity contribution in [1.29, 1.82) is 0 Å². The molecule has 3 aromatic rings. The van der Waals surface area contributed by atoms with Crippen molar-refractivity contribution in [2.75, 3.05) is 0 Å². The summed E-state index contributed by atoms with van der Waals surface area (Å²) in [5.74, 6) is 0.325. The van der Waals surface area contributed by atoms with Crippen LogP contribution in [0.4, 0.5) is 0 Å². The predicted octanol–water partition coefficient (Wildman–Crippen LogP) is 3.64. The Morgan fingerprint density at radius 1 is 1.29 bits per heavy atom. The first-order valence-electron chi connectivity index (χ1n) is 4.10. The number of aromatic hydroxyl groups is 1. The first-order valence-corrected chi connectivity index (χ1v) is 6.23. The summed E-state index contributed by atoms with van der Waals surface area (Å²) in [6.45, 7) is 0. The quantitative estimate of drug-likeness (QED) is 0.571. The van der Waals surface area contributed by atoms with E-state index in [1.807, 2.05) is 18.2 Å². The van der Waals surface area contributed by atoms with Crippen LogP contribution in [0.15, 0.2) is 29.0 Å². The van der Waals surface area contributed by atoms with Crippen LogP contribution in [0.1, 0.15) is 0 Å². The van der Waals surface area contributed by atoms with Gasteiger partial charge in [0.1, 0.15) is 16.5 Å². The fraction of sp³-hybridized carbons (Fsp3) is 0. The predicted molar refractivity (Wildman–Crippen MR) is 60.8 cm³/mol. The Balaban J connectivity index is 2.56. The number of thiophene rings is 2. The Hall–Kier alpha value is -1.10. The van der Waals surface area contributed by atoms with Crippen molar-refractivity contribution in [2.45, 2.75) is 0 Å². The SMILES string of the molecule is Oc1csc2cc3c(cc[s+]3O)cc12. The Morgan fingerprint density at radius 2 is 2.14 bits per heavy atom. The number of rotatable bonds is 0. The molecule has 2 nitrogen and oxygen atoms in total. The molecule has 3 rings (SSSR count). The maximum Gasteiger partial charge on any atom is 0.218 e. The Bertz CT molecular complexity index is 565. The summed E-state index contributed by atoms with van der Waals surface area (Å²) < 4.78 is 11.6. The van der Waals surface area contributed by atoms with Gasteiger partial charge in [-0.25, -0.2) is 0 Å². The molecule has 1 atom stereocenters. The molecule has 0 fully saturated rings. The molecule has 0 saturated carbocycles. The van der Waals surface area contributed by atoms with E-state index in [0.29, 0.717) is 5.75 Å². The second-order valence-corrected chi connectivity index (χ2v) is 5.38. The molecule has 2 aromatic heterocycles. The minimum absolute atomic E-state index is 0.325. The summed E-state index contributed by atoms with van der Waals surface area (Å²) in [6, 6.07) is 5.78. The average Bonchev–Trinajstić information content (AvgIpc) is 2.71. The minimum Gasteiger partial charge on any atom is -0.506 e. The van der Waals surface area contributed by atoms with Gasteiger partial charge in [0.15, 0.2) is 5.38 Å². The second-order valence-electron chi connectivity index (χ2n) is 3.12. The van der Waals surface area contributed by atoms with Gasteiger partial charge in [-0.3, -0.25) is 0 Å². The highest BCUT2D eigenvalue weighted by Gasteiger charge is 2.13. The first-order chi connectivity index (χ1) is 6.75. The van der Waals surface area contributed by atoms with E-state index >= 15 is 0 Å². The van der Waals surface area contributed by atoms with E-state index in [2.05, 4.69) is 0 Å². The van der Waals surface area contributed by atoms with Crippen LogP contribution in [0.3, 0.4) is 0 Å². The monoisotopic (exact) mass is 223 g/mol. The molecule has 0 bridgehead atoms. The third-order valence-corrected chi connectivity index (χ3v) is 4.42. The normalized spacial score (nSPS) is 12.8. The molecule has 14 heavy (non-hydrogen) atoms. The van der Waals surface area contributed by atoms with Gasteiger partial charge in [0.25, 0.3) is 0 Å². The Morgan fingerprint density at radius 3 is 3.00 bits per heavy atom. The molecule has 0 radical (unpaired) electrons. The van der Waals surface area contributed by atoms with E-state index in [0.717, 1.165) is 20.2 Å². The topological polar surface area (TPSA) is 40.5 Å². The molecule has 4 heteroatoms. The molecule has 2 heterocycles. The summed E-state index contributed by atoms with van der Waals surface area (Å²) in [4.78, 5) is 0. The molecular formula is C10H7O2S2+. The number of fused-ring (bicyclic) bond motifs is 2. The molecule has 1 unspecified atom stereocenters. The van der Waals surface area contributed by atoms with Gasteiger partial charge < -0.3 is 5.11 Å². The van der Waals surface area contributed by atoms with Gasteiger partial charge in [-0.2, -0.15) is 4.55 Å². The minimum atomic E-state index is -0.750. The van der Waals surface area contributed by atoms with E-state index < -0.39 is 10.8 Å². The largest absolute Gasteiger partial charge is 0.506 e. The van der Waals surface area contributed by atoms with Crippen LogP contribution in [-0.4, -0.2) is 9.66 Å². The highest BCUT2D eigenvalue weighted by atomic mass is 32.2. The molecule has 0 aliphatic heterocycles. The van der Waals surface area contributed by atoms with Crippen molar-refractivity contribution in [1.82, 2.24) is 0 Å². The van der Waals surface area contributed by atoms with Crippen molar-refractivity contribution < 1.29 is 9.66 Å². The number of benzene rings is 1. The van der Waals surface area contributed by atoms with Gasteiger partial charge >= 0.3 is 0 Å². The molecule has 2 N–H and O–H groups in total. The van der Waals surface area contributed by atoms with Gasteiger partial charge in [0, 0.05) is 33.0 Å². The van der Waals surface area contributed by atoms with E-state index in [4.69, 9.17) is 0 Å². The van der Waals surface area contributed by atoms with Crippen molar-refractivity contribution in [3.8, 4) is 5.75 Å². The molecular weight excluding hydrogens is 216 g/mol. The van der Waals surface area contributed by atoms with Gasteiger partial charge in [0.2, 0.25) is 4.70 Å². The van der Waals surface area contributed by atoms with Crippen molar-refractivity contribution in [2.24, 2.45) is 0 Å². The lowest BCUT2D eigenvalue weighted by molar-refractivity contribution is 0.484. The van der Waals surface area contributed by atoms with Crippen LogP contribution < -0.4 is 0 Å². The molecule has 0 aliphatic carbocycles. The van der Waals surface area contributed by atoms with Gasteiger partial charge in [-0.05, 0) is 6.07 Å². The highest BCUT2D eigenvalue weighted by molar-refractivity contribution is 7.30. The van der Waals surface area contributed by atoms with Crippen LogP contribution in [0.5, 0.6) is 5.75 Å². The lowest BCUT2D eigenvalue weighted by Crippen LogP contribution is -1.65. The zero-order chi connectivity index (χ0) is 9.71. The molecule has 0 saturated heterocycles. The second kappa shape index (κ2) is 2.70. The summed E-state index contributed by atoms with van der Waals surface area (Å²) in [5, 5.41) is 14.9. The summed E-state index contributed by atoms with van der Waals surface area (Å²) in [6.07, 6.45) is 0. The van der Waals surface area contributed by atoms with Crippen LogP contribution in [0.2, 0.25) is 0 Å². The molecule has 1 aromatic carbocycles. The lowest BCUT2D eigenvalue weighted by Gasteiger charge is -1.89. The average molecular weight is 223 g/mol. The van der Waals surface area contributed by atoms with Crippen molar-refractivity contribution >= 4 is 42.3 Å². The number of hydrogen-bond acceptors (Lipinski definition) is 3. The zero-order valence-corrected chi connectivity index (χ0v) is 8.73. The highest BCUT2D eigenvalue weighted by Crippen LogP contribution is 2.38. The Labute approximate surface area is 86.8 Å². The first kappa shape index (κ1) is 8.23. The fourth-order valence-electron chi connectivity index (χ4n) is 1.58. The third kappa shape index (κ3) is 0.987. The number of hydrogen-bond donors (Lipinski definition) is 2. The van der Waals surface area contributed by atoms with Crippen molar-refractivity contribution in [3.63, 3.8) is 0 Å². The van der Waals surface area contributed by atoms with Crippen molar-refractivity contribution in [3.05, 3.63) is 29.0 Å². The molecule has 0 spiro atoms. The van der Waals surface area contributed by atoms with Crippen LogP contribution in [0.25, 0.3) is 20.2 Å². The summed E-state index contributed by atoms with van der Waals surface area (Å²) >= 11 is 1.50. The molecule has 70 valence electrons. The molecule has 0 aliphatic rings. The van der Waals surface area contributed by atoms with Gasteiger partial charge in [-0.1, -0.05) is 0 Å². The van der Waals surface area contributed by atoms with E-state index in [1.165, 1.54) is 11.3 Å². The maximum atomic E-state index is 9.63. The standard InChI is InChI=1S/C10H6O2S2/c11-8-5-13-9-4-10-6(3-7(8)9)1-2-14(10)12/h1-5,12H/p+1. The Kier molecular flexibility index (Phi) is 1.58. The third-order valence-electron chi connectivity index (χ3n) is 2.29. The van der Waals surface area contributed by atoms with Gasteiger partial charge in [0.05, 0.1) is 0 Å². The van der Waals surface area contributed by atoms with Gasteiger partial charge in [-0.15, -0.1) is 11.3 Å². The van der Waals surface area contributed by atoms with E-state index in [1.54, 1.807) is 10.8 Å². The van der Waals surface area contributed by atoms with Crippen LogP contribution in [-0.2, 0) is 0 Å². The fourth-order valence-corrected chi connectivity index (χ4v) is 3.53. The van der Waals surface area contributed by atoms with Crippen LogP contribution >= 0.6 is 22.1 Å². The van der Waals surface area contributed by atoms with E-state index in [-0.39, 0.29) is 0 Å². The maximum absolute atomic E-state index is 9.63. The summed E-state index contributed by atoms with van der Waals surface area (Å²) in [5.41, 5.74) is 0.